The second-order valence-electron chi connectivity index (χ2n) is 17.1. The van der Waals surface area contributed by atoms with E-state index in [1.807, 2.05) is 0 Å². The van der Waals surface area contributed by atoms with Crippen molar-refractivity contribution in [2.45, 2.75) is 147 Å². The number of anilines is 1. The van der Waals surface area contributed by atoms with Gasteiger partial charge in [-0.05, 0) is 12.8 Å². The van der Waals surface area contributed by atoms with Crippen molar-refractivity contribution >= 4 is 69.1 Å². The highest BCUT2D eigenvalue weighted by molar-refractivity contribution is 8.13. The molecule has 4 rings (SSSR count). The summed E-state index contributed by atoms with van der Waals surface area (Å²) in [6.07, 6.45) is 8.48. The number of nitrogen functional groups attached to an aromatic ring is 1. The second-order valence-corrected chi connectivity index (χ2v) is 22.4. The summed E-state index contributed by atoms with van der Waals surface area (Å²) >= 11 is 1.10. The molecule has 8 atom stereocenters. The van der Waals surface area contributed by atoms with Crippen LogP contribution in [0.25, 0.3) is 11.2 Å². The molecule has 0 aromatic carbocycles. The van der Waals surface area contributed by atoms with Crippen LogP contribution in [0.15, 0.2) is 12.7 Å². The Kier molecular flexibility index (Phi) is 22.3. The van der Waals surface area contributed by atoms with Crippen LogP contribution in [0.3, 0.4) is 0 Å². The van der Waals surface area contributed by atoms with E-state index in [1.54, 1.807) is 0 Å². The Morgan fingerprint density at radius 3 is 2.16 bits per heavy atom. The number of hydrogen-bond donors (Lipinski definition) is 9. The molecule has 3 unspecified atom stereocenters. The minimum Gasteiger partial charge on any atom is -0.386 e. The van der Waals surface area contributed by atoms with E-state index in [0.29, 0.717) is 18.8 Å². The molecule has 2 aromatic rings. The second kappa shape index (κ2) is 26.1. The fourth-order valence-electron chi connectivity index (χ4n) is 7.11. The van der Waals surface area contributed by atoms with Crippen LogP contribution < -0.4 is 16.4 Å². The maximum atomic E-state index is 12.8. The Balaban J connectivity index is 1.11. The number of hydrogen-bond acceptors (Lipinski definition) is 19. The van der Waals surface area contributed by atoms with Gasteiger partial charge in [0.2, 0.25) is 16.9 Å². The Hall–Kier alpha value is -2.48. The minimum absolute atomic E-state index is 0.0317. The Morgan fingerprint density at radius 2 is 1.55 bits per heavy atom. The first kappa shape index (κ1) is 57.1. The highest BCUT2D eigenvalue weighted by Crippen LogP contribution is 2.61. The number of epoxide rings is 1. The Bertz CT molecular complexity index is 2080. The number of imidazole rings is 1. The lowest BCUT2D eigenvalue weighted by Crippen LogP contribution is -2.46. The molecule has 2 aromatic heterocycles. The summed E-state index contributed by atoms with van der Waals surface area (Å²) in [5, 5.41) is 26.6. The van der Waals surface area contributed by atoms with Crippen molar-refractivity contribution in [2.75, 3.05) is 44.4 Å². The third-order valence-corrected chi connectivity index (χ3v) is 15.2. The van der Waals surface area contributed by atoms with E-state index in [2.05, 4.69) is 41.3 Å². The van der Waals surface area contributed by atoms with Crippen LogP contribution in [-0.4, -0.2) is 135 Å². The van der Waals surface area contributed by atoms with Gasteiger partial charge < -0.3 is 55.6 Å². The normalized spacial score (nSPS) is 23.1. The highest BCUT2D eigenvalue weighted by Gasteiger charge is 2.52. The lowest BCUT2D eigenvalue weighted by Gasteiger charge is -2.30. The summed E-state index contributed by atoms with van der Waals surface area (Å²) in [6.45, 7) is 3.13. The van der Waals surface area contributed by atoms with Gasteiger partial charge in [0.15, 0.2) is 23.3 Å². The highest BCUT2D eigenvalue weighted by atomic mass is 32.2. The molecule has 2 aliphatic rings. The van der Waals surface area contributed by atoms with Gasteiger partial charge in [-0.1, -0.05) is 103 Å². The number of ether oxygens (including phenoxy) is 2. The summed E-state index contributed by atoms with van der Waals surface area (Å²) in [4.78, 5) is 89.1. The largest absolute Gasteiger partial charge is 0.481 e. The number of phosphoric ester groups is 3. The number of nitrogens with zero attached hydrogens (tertiary/aromatic N) is 4. The van der Waals surface area contributed by atoms with Crippen LogP contribution >= 0.6 is 35.2 Å². The van der Waals surface area contributed by atoms with Crippen molar-refractivity contribution in [2.24, 2.45) is 5.41 Å². The number of nitrogens with two attached hydrogens (primary N) is 1. The number of amides is 2. The molecule has 0 bridgehead atoms. The number of thioether (sulfide) groups is 1. The summed E-state index contributed by atoms with van der Waals surface area (Å²) in [5.41, 5.74) is 3.54. The van der Waals surface area contributed by atoms with Gasteiger partial charge in [-0.2, -0.15) is 4.31 Å². The molecule has 67 heavy (non-hydrogen) atoms. The first-order valence-corrected chi connectivity index (χ1v) is 27.7. The number of unbranched alkanes of at least 4 members (excludes halogenated alkanes) is 11. The SMILES string of the molecule is CCCCCCCCCCCCCC[C@]1(C(=O)SCCNC(=O)CCNC(=O)C(O)C(C)(C)COP(=O)(O)OP(=O)(O)OC[C@H]2O[C@@H](n3cnc4c(N)ncnc43)[C@H](O)[C@@H]2OP(=O)(O)O)CO1. The van der Waals surface area contributed by atoms with Crippen LogP contribution in [0.2, 0.25) is 0 Å². The molecule has 0 saturated carbocycles. The molecular formula is C38H66N7O18P3S. The molecule has 2 saturated heterocycles. The van der Waals surface area contributed by atoms with Gasteiger partial charge in [-0.3, -0.25) is 32.5 Å². The first-order chi connectivity index (χ1) is 31.5. The molecule has 382 valence electrons. The maximum Gasteiger partial charge on any atom is 0.481 e. The van der Waals surface area contributed by atoms with Gasteiger partial charge in [0.1, 0.15) is 36.3 Å². The third-order valence-electron chi connectivity index (χ3n) is 11.0. The monoisotopic (exact) mass is 1030 g/mol. The molecule has 4 heterocycles. The number of fused-ring (bicyclic) bond motifs is 1. The topological polar surface area (TPSA) is 376 Å². The fourth-order valence-corrected chi connectivity index (χ4v) is 10.8. The molecule has 2 aliphatic heterocycles. The molecule has 25 nitrogen and oxygen atoms in total. The van der Waals surface area contributed by atoms with Crippen molar-refractivity contribution in [3.05, 3.63) is 12.7 Å². The van der Waals surface area contributed by atoms with Gasteiger partial charge >= 0.3 is 23.5 Å². The zero-order valence-corrected chi connectivity index (χ0v) is 41.4. The number of aromatic nitrogens is 4. The van der Waals surface area contributed by atoms with E-state index in [-0.39, 0.29) is 41.6 Å². The number of phosphoric acid groups is 3. The molecule has 29 heteroatoms. The Labute approximate surface area is 392 Å². The summed E-state index contributed by atoms with van der Waals surface area (Å²) < 4.78 is 68.0. The Morgan fingerprint density at radius 1 is 0.940 bits per heavy atom. The molecule has 0 radical (unpaired) electrons. The number of nitrogens with one attached hydrogen (secondary N) is 2. The van der Waals surface area contributed by atoms with E-state index in [1.165, 1.54) is 71.6 Å². The predicted octanol–water partition coefficient (Wildman–Crippen LogP) is 3.52. The van der Waals surface area contributed by atoms with Gasteiger partial charge in [0.25, 0.3) is 0 Å². The van der Waals surface area contributed by atoms with Crippen LogP contribution in [0, 0.1) is 5.41 Å². The van der Waals surface area contributed by atoms with Crippen molar-refractivity contribution in [3.63, 3.8) is 0 Å². The maximum absolute atomic E-state index is 12.8. The average Bonchev–Trinajstić information content (AvgIpc) is 3.83. The fraction of sp³-hybridized carbons (Fsp3) is 0.789. The summed E-state index contributed by atoms with van der Waals surface area (Å²) in [6, 6.07) is 0. The lowest BCUT2D eigenvalue weighted by atomic mass is 9.87. The van der Waals surface area contributed by atoms with Crippen molar-refractivity contribution < 1.29 is 85.2 Å². The number of carbonyl (C=O) groups excluding carboxylic acids is 3. The van der Waals surface area contributed by atoms with E-state index < -0.39 is 90.2 Å². The first-order valence-electron chi connectivity index (χ1n) is 22.2. The van der Waals surface area contributed by atoms with Gasteiger partial charge in [-0.15, -0.1) is 0 Å². The molecule has 2 fully saturated rings. The number of aliphatic hydroxyl groups excluding tert-OH is 2. The van der Waals surface area contributed by atoms with Crippen molar-refractivity contribution in [1.82, 2.24) is 30.2 Å². The van der Waals surface area contributed by atoms with Gasteiger partial charge in [0, 0.05) is 30.7 Å². The molecule has 0 aliphatic carbocycles. The zero-order valence-electron chi connectivity index (χ0n) is 37.9. The summed E-state index contributed by atoms with van der Waals surface area (Å²) in [7, 11) is -16.4. The van der Waals surface area contributed by atoms with Crippen LogP contribution in [0.5, 0.6) is 0 Å². The third kappa shape index (κ3) is 18.7. The molecule has 0 spiro atoms. The van der Waals surface area contributed by atoms with E-state index in [9.17, 15) is 57.9 Å². The van der Waals surface area contributed by atoms with Crippen LogP contribution in [0.4, 0.5) is 5.82 Å². The molecule has 2 amide bonds. The van der Waals surface area contributed by atoms with Gasteiger partial charge in [-0.25, -0.2) is 28.6 Å². The quantitative estimate of drug-likeness (QED) is 0.0280. The zero-order chi connectivity index (χ0) is 49.5. The standard InChI is InChI=1S/C38H66N7O18P3S/c1-4-5-6-7-8-9-10-11-12-13-14-15-17-38(23-58-38)36(50)67-20-19-40-27(46)16-18-41-34(49)31(48)37(2,3)22-60-66(56,57)63-65(54,55)59-21-26-30(62-64(51,52)53)29(47)35(61-26)45-25-44-28-32(39)42-24-43-33(28)45/h24-26,29-31,35,47-48H,4-23H2,1-3H3,(H,40,46)(H,41,49)(H,54,55)(H,56,57)(H2,39,42,43)(H2,51,52,53)/t26-,29-,30-,31?,35-,38-/m1/s1. The van der Waals surface area contributed by atoms with Crippen LogP contribution in [-0.2, 0) is 55.4 Å². The number of carbonyl (C=O) groups is 3. The van der Waals surface area contributed by atoms with Gasteiger partial charge in [0.05, 0.1) is 26.1 Å². The minimum atomic E-state index is -5.58. The molecule has 10 N–H and O–H groups in total. The lowest BCUT2D eigenvalue weighted by molar-refractivity contribution is -0.137. The van der Waals surface area contributed by atoms with Crippen LogP contribution in [0.1, 0.15) is 117 Å². The van der Waals surface area contributed by atoms with E-state index in [4.69, 9.17) is 24.3 Å². The number of rotatable bonds is 33. The predicted molar refractivity (Wildman–Crippen MR) is 241 cm³/mol. The number of aliphatic hydroxyl groups is 2. The van der Waals surface area contributed by atoms with Crippen molar-refractivity contribution in [1.29, 1.82) is 0 Å². The van der Waals surface area contributed by atoms with Crippen molar-refractivity contribution in [3.8, 4) is 0 Å². The van der Waals surface area contributed by atoms with E-state index in [0.717, 1.165) is 48.2 Å². The molecular weight excluding hydrogens is 967 g/mol. The smallest absolute Gasteiger partial charge is 0.386 e. The average molecular weight is 1030 g/mol. The summed E-state index contributed by atoms with van der Waals surface area (Å²) in [5.74, 6) is -1.11. The van der Waals surface area contributed by atoms with E-state index >= 15 is 0 Å².